The van der Waals surface area contributed by atoms with Crippen LogP contribution in [0.3, 0.4) is 0 Å². The van der Waals surface area contributed by atoms with Gasteiger partial charge in [-0.2, -0.15) is 0 Å². The second kappa shape index (κ2) is 9.18. The van der Waals surface area contributed by atoms with Gasteiger partial charge in [-0.15, -0.1) is 0 Å². The molecule has 0 heterocycles. The number of benzene rings is 2. The number of nitro benzene ring substituents is 1. The van der Waals surface area contributed by atoms with Crippen molar-refractivity contribution in [1.29, 1.82) is 0 Å². The number of nitro groups is 1. The van der Waals surface area contributed by atoms with Gasteiger partial charge in [-0.1, -0.05) is 30.3 Å². The van der Waals surface area contributed by atoms with E-state index in [-0.39, 0.29) is 11.4 Å². The number of ether oxygens (including phenoxy) is 1. The van der Waals surface area contributed by atoms with E-state index in [4.69, 9.17) is 4.74 Å². The molecule has 0 fully saturated rings. The third-order valence-corrected chi connectivity index (χ3v) is 4.69. The first-order valence-electron chi connectivity index (χ1n) is 8.99. The Hall–Kier alpha value is -3.13. The van der Waals surface area contributed by atoms with E-state index in [9.17, 15) is 20.0 Å². The topological polar surface area (TPSA) is 105 Å². The first-order valence-corrected chi connectivity index (χ1v) is 8.99. The SMILES string of the molecule is CCN(CC)c1ccc([N+](=O)[O-])c(NC(CO)(C(=O)OC)c2ccccc2)c1. The Morgan fingerprint density at radius 3 is 2.36 bits per heavy atom. The molecule has 28 heavy (non-hydrogen) atoms. The third-order valence-electron chi connectivity index (χ3n) is 4.69. The van der Waals surface area contributed by atoms with Crippen LogP contribution in [0.5, 0.6) is 0 Å². The second-order valence-electron chi connectivity index (χ2n) is 6.18. The number of hydrogen-bond donors (Lipinski definition) is 2. The van der Waals surface area contributed by atoms with Crippen molar-refractivity contribution in [2.75, 3.05) is 37.0 Å². The molecule has 1 atom stereocenters. The molecule has 0 aliphatic carbocycles. The lowest BCUT2D eigenvalue weighted by molar-refractivity contribution is -0.384. The summed E-state index contributed by atoms with van der Waals surface area (Å²) in [6, 6.07) is 13.2. The van der Waals surface area contributed by atoms with Gasteiger partial charge in [0.05, 0.1) is 18.6 Å². The summed E-state index contributed by atoms with van der Waals surface area (Å²) < 4.78 is 4.91. The lowest BCUT2D eigenvalue weighted by Crippen LogP contribution is -2.47. The van der Waals surface area contributed by atoms with E-state index in [0.717, 1.165) is 5.69 Å². The normalized spacial score (nSPS) is 12.7. The standard InChI is InChI=1S/C20H25N3O5/c1-4-22(5-2)16-11-12-18(23(26)27)17(13-16)21-20(14-24,19(25)28-3)15-9-7-6-8-10-15/h6-13,21,24H,4-5,14H2,1-3H3. The van der Waals surface area contributed by atoms with Crippen molar-refractivity contribution in [1.82, 2.24) is 0 Å². The highest BCUT2D eigenvalue weighted by Crippen LogP contribution is 2.35. The van der Waals surface area contributed by atoms with E-state index >= 15 is 0 Å². The van der Waals surface area contributed by atoms with E-state index in [0.29, 0.717) is 18.7 Å². The summed E-state index contributed by atoms with van der Waals surface area (Å²) in [5, 5.41) is 24.6. The molecule has 150 valence electrons. The molecule has 0 radical (unpaired) electrons. The number of aliphatic hydroxyl groups is 1. The quantitative estimate of drug-likeness (QED) is 0.387. The average molecular weight is 387 g/mol. The van der Waals surface area contributed by atoms with E-state index in [2.05, 4.69) is 5.32 Å². The number of hydrogen-bond acceptors (Lipinski definition) is 7. The Balaban J connectivity index is 2.64. The Morgan fingerprint density at radius 2 is 1.86 bits per heavy atom. The van der Waals surface area contributed by atoms with Crippen LogP contribution in [0.2, 0.25) is 0 Å². The molecule has 0 aliphatic heterocycles. The van der Waals surface area contributed by atoms with Crippen molar-refractivity contribution >= 4 is 23.0 Å². The van der Waals surface area contributed by atoms with Gasteiger partial charge in [-0.05, 0) is 31.5 Å². The van der Waals surface area contributed by atoms with Crippen molar-refractivity contribution in [3.63, 3.8) is 0 Å². The maximum atomic E-state index is 12.7. The number of esters is 1. The molecule has 0 aromatic heterocycles. The van der Waals surface area contributed by atoms with Gasteiger partial charge in [-0.3, -0.25) is 10.1 Å². The van der Waals surface area contributed by atoms with Crippen molar-refractivity contribution in [3.8, 4) is 0 Å². The Bertz CT molecular complexity index is 824. The van der Waals surface area contributed by atoms with Gasteiger partial charge in [0, 0.05) is 24.8 Å². The van der Waals surface area contributed by atoms with E-state index in [1.54, 1.807) is 42.5 Å². The molecule has 2 rings (SSSR count). The lowest BCUT2D eigenvalue weighted by Gasteiger charge is -2.32. The zero-order valence-electron chi connectivity index (χ0n) is 16.2. The van der Waals surface area contributed by atoms with E-state index in [1.165, 1.54) is 13.2 Å². The van der Waals surface area contributed by atoms with Gasteiger partial charge < -0.3 is 20.1 Å². The molecule has 0 aliphatic rings. The number of carbonyl (C=O) groups excluding carboxylic acids is 1. The first kappa shape index (κ1) is 21.2. The zero-order valence-corrected chi connectivity index (χ0v) is 16.2. The number of anilines is 2. The first-order chi connectivity index (χ1) is 13.4. The molecule has 8 heteroatoms. The van der Waals surface area contributed by atoms with Crippen LogP contribution in [0.15, 0.2) is 48.5 Å². The van der Waals surface area contributed by atoms with Crippen molar-refractivity contribution < 1.29 is 19.6 Å². The van der Waals surface area contributed by atoms with Gasteiger partial charge in [0.15, 0.2) is 5.54 Å². The summed E-state index contributed by atoms with van der Waals surface area (Å²) in [6.45, 7) is 4.75. The predicted octanol–water partition coefficient (Wildman–Crippen LogP) is 2.91. The van der Waals surface area contributed by atoms with Crippen LogP contribution in [0.4, 0.5) is 17.1 Å². The molecule has 2 N–H and O–H groups in total. The summed E-state index contributed by atoms with van der Waals surface area (Å²) in [5.41, 5.74) is -0.552. The minimum Gasteiger partial charge on any atom is -0.467 e. The number of rotatable bonds is 9. The molecule has 0 spiro atoms. The summed E-state index contributed by atoms with van der Waals surface area (Å²) in [6.07, 6.45) is 0. The smallest absolute Gasteiger partial charge is 0.338 e. The summed E-state index contributed by atoms with van der Waals surface area (Å²) in [4.78, 5) is 25.7. The molecular weight excluding hydrogens is 362 g/mol. The third kappa shape index (κ3) is 4.07. The molecule has 2 aromatic rings. The average Bonchev–Trinajstić information content (AvgIpc) is 2.73. The summed E-state index contributed by atoms with van der Waals surface area (Å²) in [5.74, 6) is -0.747. The van der Waals surface area contributed by atoms with Crippen LogP contribution in [0.1, 0.15) is 19.4 Å². The fourth-order valence-corrected chi connectivity index (χ4v) is 3.13. The highest BCUT2D eigenvalue weighted by atomic mass is 16.6. The van der Waals surface area contributed by atoms with Gasteiger partial charge in [0.25, 0.3) is 5.69 Å². The van der Waals surface area contributed by atoms with Gasteiger partial charge >= 0.3 is 5.97 Å². The highest BCUT2D eigenvalue weighted by molar-refractivity contribution is 5.88. The minimum atomic E-state index is -1.68. The highest BCUT2D eigenvalue weighted by Gasteiger charge is 2.42. The van der Waals surface area contributed by atoms with Crippen LogP contribution in [0.25, 0.3) is 0 Å². The molecule has 2 aromatic carbocycles. The lowest BCUT2D eigenvalue weighted by atomic mass is 9.90. The second-order valence-corrected chi connectivity index (χ2v) is 6.18. The molecule has 1 unspecified atom stereocenters. The largest absolute Gasteiger partial charge is 0.467 e. The predicted molar refractivity (Wildman–Crippen MR) is 108 cm³/mol. The summed E-state index contributed by atoms with van der Waals surface area (Å²) in [7, 11) is 1.21. The number of carbonyl (C=O) groups is 1. The van der Waals surface area contributed by atoms with Gasteiger partial charge in [0.2, 0.25) is 0 Å². The van der Waals surface area contributed by atoms with Crippen LogP contribution in [-0.2, 0) is 15.1 Å². The van der Waals surface area contributed by atoms with Gasteiger partial charge in [0.1, 0.15) is 5.69 Å². The van der Waals surface area contributed by atoms with Crippen LogP contribution in [-0.4, -0.2) is 42.8 Å². The number of aliphatic hydroxyl groups excluding tert-OH is 1. The number of methoxy groups -OCH3 is 1. The minimum absolute atomic E-state index is 0.123. The molecule has 0 saturated carbocycles. The van der Waals surface area contributed by atoms with Crippen molar-refractivity contribution in [3.05, 3.63) is 64.2 Å². The number of nitrogens with zero attached hydrogens (tertiary/aromatic N) is 2. The van der Waals surface area contributed by atoms with E-state index < -0.39 is 23.0 Å². The fourth-order valence-electron chi connectivity index (χ4n) is 3.13. The monoisotopic (exact) mass is 387 g/mol. The maximum Gasteiger partial charge on any atom is 0.338 e. The Kier molecular flexibility index (Phi) is 6.94. The molecule has 0 amide bonds. The zero-order chi connectivity index (χ0) is 20.7. The molecule has 0 saturated heterocycles. The van der Waals surface area contributed by atoms with Crippen LogP contribution < -0.4 is 10.2 Å². The van der Waals surface area contributed by atoms with Crippen LogP contribution >= 0.6 is 0 Å². The number of nitrogens with one attached hydrogen (secondary N) is 1. The summed E-state index contributed by atoms with van der Waals surface area (Å²) >= 11 is 0. The fraction of sp³-hybridized carbons (Fsp3) is 0.350. The molecule has 0 bridgehead atoms. The van der Waals surface area contributed by atoms with Gasteiger partial charge in [-0.25, -0.2) is 4.79 Å². The van der Waals surface area contributed by atoms with Crippen molar-refractivity contribution in [2.45, 2.75) is 19.4 Å². The molecule has 8 nitrogen and oxygen atoms in total. The van der Waals surface area contributed by atoms with Crippen molar-refractivity contribution in [2.24, 2.45) is 0 Å². The van der Waals surface area contributed by atoms with Crippen LogP contribution in [0, 0.1) is 10.1 Å². The Labute approximate surface area is 163 Å². The Morgan fingerprint density at radius 1 is 1.21 bits per heavy atom. The maximum absolute atomic E-state index is 12.7. The van der Waals surface area contributed by atoms with E-state index in [1.807, 2.05) is 18.7 Å². The molecular formula is C20H25N3O5.